The van der Waals surface area contributed by atoms with Gasteiger partial charge in [0.15, 0.2) is 0 Å². The molecule has 1 aliphatic heterocycles. The molecule has 1 heterocycles. The Labute approximate surface area is 110 Å². The minimum absolute atomic E-state index is 0.181. The molecule has 3 heteroatoms. The first-order valence-corrected chi connectivity index (χ1v) is 6.84. The summed E-state index contributed by atoms with van der Waals surface area (Å²) in [5.41, 5.74) is 8.86. The number of nitrogens with zero attached hydrogens (tertiary/aromatic N) is 1. The molecule has 1 aliphatic rings. The molecule has 0 bridgehead atoms. The van der Waals surface area contributed by atoms with E-state index in [4.69, 9.17) is 10.5 Å². The van der Waals surface area contributed by atoms with E-state index in [0.717, 1.165) is 32.4 Å². The van der Waals surface area contributed by atoms with Gasteiger partial charge in [0.1, 0.15) is 0 Å². The monoisotopic (exact) mass is 248 g/mol. The second kappa shape index (κ2) is 6.21. The largest absolute Gasteiger partial charge is 0.385 e. The van der Waals surface area contributed by atoms with Gasteiger partial charge in [-0.05, 0) is 37.8 Å². The van der Waals surface area contributed by atoms with Gasteiger partial charge in [-0.1, -0.05) is 18.2 Å². The van der Waals surface area contributed by atoms with Gasteiger partial charge in [-0.3, -0.25) is 0 Å². The highest BCUT2D eigenvalue weighted by Gasteiger charge is 2.23. The van der Waals surface area contributed by atoms with Crippen LogP contribution in [0.25, 0.3) is 0 Å². The maximum absolute atomic E-state index is 6.26. The van der Waals surface area contributed by atoms with Gasteiger partial charge in [-0.25, -0.2) is 0 Å². The average molecular weight is 248 g/mol. The molecule has 0 saturated carbocycles. The van der Waals surface area contributed by atoms with Crippen LogP contribution in [0.1, 0.15) is 37.8 Å². The summed E-state index contributed by atoms with van der Waals surface area (Å²) in [5, 5.41) is 0. The summed E-state index contributed by atoms with van der Waals surface area (Å²) in [5.74, 6) is 0. The van der Waals surface area contributed by atoms with E-state index >= 15 is 0 Å². The molecule has 100 valence electrons. The van der Waals surface area contributed by atoms with E-state index in [1.165, 1.54) is 11.3 Å². The molecule has 1 aromatic carbocycles. The van der Waals surface area contributed by atoms with E-state index in [1.807, 2.05) is 0 Å². The zero-order valence-electron chi connectivity index (χ0n) is 11.4. The molecule has 2 unspecified atom stereocenters. The summed E-state index contributed by atoms with van der Waals surface area (Å²) in [6.07, 6.45) is 3.29. The van der Waals surface area contributed by atoms with Crippen LogP contribution in [-0.2, 0) is 4.74 Å². The molecule has 0 amide bonds. The summed E-state index contributed by atoms with van der Waals surface area (Å²) >= 11 is 0. The first kappa shape index (κ1) is 13.4. The van der Waals surface area contributed by atoms with Crippen LogP contribution < -0.4 is 10.6 Å². The molecular weight excluding hydrogens is 224 g/mol. The molecule has 18 heavy (non-hydrogen) atoms. The van der Waals surface area contributed by atoms with Crippen molar-refractivity contribution in [2.24, 2.45) is 5.73 Å². The van der Waals surface area contributed by atoms with Crippen molar-refractivity contribution in [2.45, 2.75) is 38.3 Å². The lowest BCUT2D eigenvalue weighted by atomic mass is 10.0. The zero-order chi connectivity index (χ0) is 13.0. The van der Waals surface area contributed by atoms with Gasteiger partial charge in [-0.15, -0.1) is 0 Å². The predicted molar refractivity (Wildman–Crippen MR) is 75.9 cm³/mol. The van der Waals surface area contributed by atoms with Gasteiger partial charge in [0.05, 0.1) is 0 Å². The van der Waals surface area contributed by atoms with E-state index in [2.05, 4.69) is 36.1 Å². The van der Waals surface area contributed by atoms with E-state index in [-0.39, 0.29) is 6.04 Å². The van der Waals surface area contributed by atoms with Crippen molar-refractivity contribution in [3.05, 3.63) is 29.8 Å². The van der Waals surface area contributed by atoms with Crippen molar-refractivity contribution in [2.75, 3.05) is 25.2 Å². The van der Waals surface area contributed by atoms with Crippen LogP contribution in [-0.4, -0.2) is 26.3 Å². The summed E-state index contributed by atoms with van der Waals surface area (Å²) in [7, 11) is 1.76. The molecule has 0 radical (unpaired) electrons. The maximum Gasteiger partial charge on any atom is 0.0481 e. The Hall–Kier alpha value is -1.06. The minimum atomic E-state index is 0.181. The van der Waals surface area contributed by atoms with Crippen molar-refractivity contribution in [3.8, 4) is 0 Å². The number of hydrogen-bond acceptors (Lipinski definition) is 3. The highest BCUT2D eigenvalue weighted by Crippen LogP contribution is 2.32. The third-order valence-electron chi connectivity index (χ3n) is 3.83. The molecule has 2 rings (SSSR count). The van der Waals surface area contributed by atoms with Gasteiger partial charge in [0, 0.05) is 38.0 Å². The van der Waals surface area contributed by atoms with E-state index in [1.54, 1.807) is 7.11 Å². The van der Waals surface area contributed by atoms with Crippen LogP contribution in [0.15, 0.2) is 24.3 Å². The Kier molecular flexibility index (Phi) is 4.61. The number of ether oxygens (including phenoxy) is 1. The number of hydrogen-bond donors (Lipinski definition) is 1. The molecule has 2 N–H and O–H groups in total. The smallest absolute Gasteiger partial charge is 0.0481 e. The van der Waals surface area contributed by atoms with Crippen molar-refractivity contribution in [1.29, 1.82) is 0 Å². The molecule has 3 nitrogen and oxygen atoms in total. The lowest BCUT2D eigenvalue weighted by Crippen LogP contribution is -2.34. The summed E-state index contributed by atoms with van der Waals surface area (Å²) in [4.78, 5) is 2.49. The topological polar surface area (TPSA) is 38.5 Å². The highest BCUT2D eigenvalue weighted by molar-refractivity contribution is 5.56. The lowest BCUT2D eigenvalue weighted by molar-refractivity contribution is 0.188. The Morgan fingerprint density at radius 1 is 1.44 bits per heavy atom. The third-order valence-corrected chi connectivity index (χ3v) is 3.83. The van der Waals surface area contributed by atoms with Gasteiger partial charge in [-0.2, -0.15) is 0 Å². The van der Waals surface area contributed by atoms with Crippen LogP contribution in [0.4, 0.5) is 5.69 Å². The first-order valence-electron chi connectivity index (χ1n) is 6.84. The van der Waals surface area contributed by atoms with Gasteiger partial charge >= 0.3 is 0 Å². The van der Waals surface area contributed by atoms with Gasteiger partial charge < -0.3 is 15.4 Å². The van der Waals surface area contributed by atoms with Crippen molar-refractivity contribution in [3.63, 3.8) is 0 Å². The van der Waals surface area contributed by atoms with E-state index in [0.29, 0.717) is 6.04 Å². The molecule has 0 fully saturated rings. The molecular formula is C15H24N2O. The second-order valence-corrected chi connectivity index (χ2v) is 5.13. The molecule has 2 atom stereocenters. The Balaban J connectivity index is 2.22. The molecule has 1 aromatic rings. The Bertz CT molecular complexity index is 381. The molecule has 0 saturated heterocycles. The Morgan fingerprint density at radius 2 is 2.22 bits per heavy atom. The number of rotatable bonds is 4. The third kappa shape index (κ3) is 2.85. The molecule has 0 spiro atoms. The first-order chi connectivity index (χ1) is 8.74. The second-order valence-electron chi connectivity index (χ2n) is 5.13. The summed E-state index contributed by atoms with van der Waals surface area (Å²) < 4.78 is 5.19. The highest BCUT2D eigenvalue weighted by atomic mass is 16.5. The van der Waals surface area contributed by atoms with E-state index in [9.17, 15) is 0 Å². The van der Waals surface area contributed by atoms with Crippen molar-refractivity contribution >= 4 is 5.69 Å². The summed E-state index contributed by atoms with van der Waals surface area (Å²) in [6, 6.07) is 9.23. The van der Waals surface area contributed by atoms with Crippen LogP contribution in [0, 0.1) is 0 Å². The molecule has 0 aromatic heterocycles. The van der Waals surface area contributed by atoms with Gasteiger partial charge in [0.25, 0.3) is 0 Å². The fraction of sp³-hybridized carbons (Fsp3) is 0.600. The number of nitrogens with two attached hydrogens (primary N) is 1. The van der Waals surface area contributed by atoms with Crippen molar-refractivity contribution < 1.29 is 4.74 Å². The predicted octanol–water partition coefficient (Wildman–Crippen LogP) is 2.71. The maximum atomic E-state index is 6.26. The number of anilines is 1. The molecule has 0 aliphatic carbocycles. The normalized spacial score (nSPS) is 21.3. The fourth-order valence-electron chi connectivity index (χ4n) is 2.72. The van der Waals surface area contributed by atoms with Gasteiger partial charge in [0.2, 0.25) is 0 Å². The minimum Gasteiger partial charge on any atom is -0.385 e. The van der Waals surface area contributed by atoms with Crippen LogP contribution in [0.3, 0.4) is 0 Å². The van der Waals surface area contributed by atoms with Crippen LogP contribution >= 0.6 is 0 Å². The van der Waals surface area contributed by atoms with Crippen LogP contribution in [0.5, 0.6) is 0 Å². The van der Waals surface area contributed by atoms with Crippen molar-refractivity contribution in [1.82, 2.24) is 0 Å². The number of para-hydroxylation sites is 1. The standard InChI is InChI=1S/C15H24N2O/c1-12(9-11-18-2)17-10-5-7-14(16)13-6-3-4-8-15(13)17/h3-4,6,8,12,14H,5,7,9-11,16H2,1-2H3. The Morgan fingerprint density at radius 3 is 3.00 bits per heavy atom. The van der Waals surface area contributed by atoms with E-state index < -0.39 is 0 Å². The number of benzene rings is 1. The number of fused-ring (bicyclic) bond motifs is 1. The fourth-order valence-corrected chi connectivity index (χ4v) is 2.72. The summed E-state index contributed by atoms with van der Waals surface area (Å²) in [6.45, 7) is 4.17. The average Bonchev–Trinajstić information content (AvgIpc) is 2.56. The quantitative estimate of drug-likeness (QED) is 0.890. The number of methoxy groups -OCH3 is 1. The zero-order valence-corrected chi connectivity index (χ0v) is 11.4. The SMILES string of the molecule is COCCC(C)N1CCCC(N)c2ccccc21. The van der Waals surface area contributed by atoms with Crippen LogP contribution in [0.2, 0.25) is 0 Å². The lowest BCUT2D eigenvalue weighted by Gasteiger charge is -2.31.